The molecule has 0 saturated heterocycles. The summed E-state index contributed by atoms with van der Waals surface area (Å²) in [5, 5.41) is 7.31. The monoisotopic (exact) mass is 264 g/mol. The van der Waals surface area contributed by atoms with Crippen LogP contribution in [0.2, 0.25) is 0 Å². The second-order valence-electron chi connectivity index (χ2n) is 3.60. The highest BCUT2D eigenvalue weighted by Crippen LogP contribution is 2.38. The highest BCUT2D eigenvalue weighted by atomic mass is 79.9. The van der Waals surface area contributed by atoms with Crippen molar-refractivity contribution in [1.29, 1.82) is 0 Å². The van der Waals surface area contributed by atoms with Crippen LogP contribution in [-0.2, 0) is 6.61 Å². The first-order valence-corrected chi connectivity index (χ1v) is 5.51. The summed E-state index contributed by atoms with van der Waals surface area (Å²) in [7, 11) is 0. The Labute approximate surface area is 95.6 Å². The minimum absolute atomic E-state index is 0.603. The van der Waals surface area contributed by atoms with Crippen LogP contribution in [0, 0.1) is 6.92 Å². The smallest absolute Gasteiger partial charge is 0.129 e. The number of benzene rings is 1. The predicted molar refractivity (Wildman–Crippen MR) is 60.8 cm³/mol. The fraction of sp³-hybridized carbons (Fsp3) is 0.182. The van der Waals surface area contributed by atoms with Gasteiger partial charge in [0.25, 0.3) is 0 Å². The summed E-state index contributed by atoms with van der Waals surface area (Å²) in [5.41, 5.74) is 4.29. The lowest BCUT2D eigenvalue weighted by atomic mass is 10.0. The summed E-state index contributed by atoms with van der Waals surface area (Å²) in [6, 6.07) is 5.98. The van der Waals surface area contributed by atoms with Gasteiger partial charge < -0.3 is 4.74 Å². The summed E-state index contributed by atoms with van der Waals surface area (Å²) in [5.74, 6) is 0.900. The molecule has 76 valence electrons. The van der Waals surface area contributed by atoms with Crippen LogP contribution in [-0.4, -0.2) is 10.2 Å². The fourth-order valence-electron chi connectivity index (χ4n) is 1.81. The first kappa shape index (κ1) is 8.97. The van der Waals surface area contributed by atoms with Crippen LogP contribution in [0.3, 0.4) is 0 Å². The van der Waals surface area contributed by atoms with Gasteiger partial charge >= 0.3 is 0 Å². The Balaban J connectivity index is 2.28. The molecule has 1 aliphatic heterocycles. The zero-order valence-electron chi connectivity index (χ0n) is 8.17. The van der Waals surface area contributed by atoms with Gasteiger partial charge in [-0.25, -0.2) is 0 Å². The van der Waals surface area contributed by atoms with Crippen LogP contribution in [0.15, 0.2) is 22.7 Å². The quantitative estimate of drug-likeness (QED) is 0.795. The Kier molecular flexibility index (Phi) is 1.85. The van der Waals surface area contributed by atoms with Crippen molar-refractivity contribution in [3.63, 3.8) is 0 Å². The number of fused-ring (bicyclic) bond motifs is 3. The number of halogens is 1. The lowest BCUT2D eigenvalue weighted by Gasteiger charge is -2.17. The van der Waals surface area contributed by atoms with Crippen molar-refractivity contribution in [2.75, 3.05) is 0 Å². The number of aryl methyl sites for hydroxylation is 1. The first-order valence-electron chi connectivity index (χ1n) is 4.72. The summed E-state index contributed by atoms with van der Waals surface area (Å²) < 4.78 is 6.70. The summed E-state index contributed by atoms with van der Waals surface area (Å²) in [6.07, 6.45) is 0. The maximum atomic E-state index is 5.66. The van der Waals surface area contributed by atoms with Crippen molar-refractivity contribution in [3.8, 4) is 17.0 Å². The Hall–Kier alpha value is -1.29. The largest absolute Gasteiger partial charge is 0.488 e. The van der Waals surface area contributed by atoms with Crippen molar-refractivity contribution in [1.82, 2.24) is 10.2 Å². The van der Waals surface area contributed by atoms with E-state index in [-0.39, 0.29) is 0 Å². The normalized spacial score (nSPS) is 12.9. The van der Waals surface area contributed by atoms with Crippen molar-refractivity contribution in [2.45, 2.75) is 13.5 Å². The average molecular weight is 265 g/mol. The van der Waals surface area contributed by atoms with E-state index in [1.54, 1.807) is 0 Å². The number of nitrogens with zero attached hydrogens (tertiary/aromatic N) is 1. The molecule has 0 bridgehead atoms. The third kappa shape index (κ3) is 1.28. The molecule has 0 unspecified atom stereocenters. The van der Waals surface area contributed by atoms with Gasteiger partial charge in [-0.05, 0) is 25.1 Å². The van der Waals surface area contributed by atoms with Gasteiger partial charge in [0.1, 0.15) is 18.1 Å². The lowest BCUT2D eigenvalue weighted by Crippen LogP contribution is -2.04. The molecule has 3 rings (SSSR count). The average Bonchev–Trinajstić information content (AvgIpc) is 2.61. The summed E-state index contributed by atoms with van der Waals surface area (Å²) in [4.78, 5) is 0. The van der Waals surface area contributed by atoms with E-state index in [4.69, 9.17) is 4.74 Å². The summed E-state index contributed by atoms with van der Waals surface area (Å²) in [6.45, 7) is 2.62. The number of nitrogens with one attached hydrogen (secondary N) is 1. The minimum Gasteiger partial charge on any atom is -0.488 e. The van der Waals surface area contributed by atoms with Gasteiger partial charge in [0.2, 0.25) is 0 Å². The molecule has 0 atom stereocenters. The number of rotatable bonds is 0. The Morgan fingerprint density at radius 1 is 1.47 bits per heavy atom. The lowest BCUT2D eigenvalue weighted by molar-refractivity contribution is 0.301. The minimum atomic E-state index is 0.603. The molecule has 0 aliphatic carbocycles. The molecule has 15 heavy (non-hydrogen) atoms. The molecular weight excluding hydrogens is 256 g/mol. The van der Waals surface area contributed by atoms with Crippen LogP contribution < -0.4 is 4.74 Å². The van der Waals surface area contributed by atoms with Crippen LogP contribution in [0.1, 0.15) is 11.3 Å². The van der Waals surface area contributed by atoms with Gasteiger partial charge in [-0.1, -0.05) is 15.9 Å². The van der Waals surface area contributed by atoms with Crippen LogP contribution >= 0.6 is 15.9 Å². The van der Waals surface area contributed by atoms with Gasteiger partial charge in [-0.2, -0.15) is 5.10 Å². The number of aromatic amines is 1. The summed E-state index contributed by atoms with van der Waals surface area (Å²) >= 11 is 3.46. The molecule has 1 aromatic heterocycles. The number of ether oxygens (including phenoxy) is 1. The molecule has 3 nitrogen and oxygen atoms in total. The van der Waals surface area contributed by atoms with E-state index in [1.165, 1.54) is 0 Å². The predicted octanol–water partition coefficient (Wildman–Crippen LogP) is 3.04. The Morgan fingerprint density at radius 3 is 3.20 bits per heavy atom. The molecule has 1 aromatic carbocycles. The highest BCUT2D eigenvalue weighted by molar-refractivity contribution is 9.10. The second kappa shape index (κ2) is 3.10. The highest BCUT2D eigenvalue weighted by Gasteiger charge is 2.21. The standard InChI is InChI=1S/C11H9BrN2O/c1-6-9-5-15-10-3-2-7(12)4-8(10)11(9)14-13-6/h2-4H,5H2,1H3,(H,13,14). The van der Waals surface area contributed by atoms with E-state index in [0.29, 0.717) is 6.61 Å². The van der Waals surface area contributed by atoms with Crippen molar-refractivity contribution in [3.05, 3.63) is 33.9 Å². The van der Waals surface area contributed by atoms with E-state index >= 15 is 0 Å². The fourth-order valence-corrected chi connectivity index (χ4v) is 2.18. The van der Waals surface area contributed by atoms with Crippen LogP contribution in [0.4, 0.5) is 0 Å². The molecule has 2 heterocycles. The Morgan fingerprint density at radius 2 is 2.33 bits per heavy atom. The third-order valence-electron chi connectivity index (χ3n) is 2.64. The van der Waals surface area contributed by atoms with Gasteiger partial charge in [0.05, 0.1) is 0 Å². The zero-order chi connectivity index (χ0) is 10.4. The SMILES string of the molecule is Cc1[nH]nc2c1COc1ccc(Br)cc1-2. The first-order chi connectivity index (χ1) is 7.25. The van der Waals surface area contributed by atoms with E-state index in [9.17, 15) is 0 Å². The molecule has 1 aliphatic rings. The van der Waals surface area contributed by atoms with E-state index in [2.05, 4.69) is 26.1 Å². The number of hydrogen-bond donors (Lipinski definition) is 1. The van der Waals surface area contributed by atoms with E-state index < -0.39 is 0 Å². The van der Waals surface area contributed by atoms with Crippen molar-refractivity contribution >= 4 is 15.9 Å². The molecule has 0 spiro atoms. The van der Waals surface area contributed by atoms with Crippen LogP contribution in [0.25, 0.3) is 11.3 Å². The zero-order valence-corrected chi connectivity index (χ0v) is 9.76. The molecule has 0 radical (unpaired) electrons. The maximum Gasteiger partial charge on any atom is 0.129 e. The van der Waals surface area contributed by atoms with E-state index in [1.807, 2.05) is 25.1 Å². The van der Waals surface area contributed by atoms with E-state index in [0.717, 1.165) is 32.7 Å². The van der Waals surface area contributed by atoms with Gasteiger partial charge in [0.15, 0.2) is 0 Å². The number of hydrogen-bond acceptors (Lipinski definition) is 2. The molecule has 2 aromatic rings. The molecular formula is C11H9BrN2O. The van der Waals surface area contributed by atoms with Crippen LogP contribution in [0.5, 0.6) is 5.75 Å². The maximum absolute atomic E-state index is 5.66. The van der Waals surface area contributed by atoms with Gasteiger partial charge in [-0.3, -0.25) is 5.10 Å². The second-order valence-corrected chi connectivity index (χ2v) is 4.52. The van der Waals surface area contributed by atoms with Crippen molar-refractivity contribution in [2.24, 2.45) is 0 Å². The van der Waals surface area contributed by atoms with Gasteiger partial charge in [-0.15, -0.1) is 0 Å². The van der Waals surface area contributed by atoms with Gasteiger partial charge in [0, 0.05) is 21.3 Å². The third-order valence-corrected chi connectivity index (χ3v) is 3.14. The molecule has 4 heteroatoms. The molecule has 1 N–H and O–H groups in total. The number of H-pyrrole nitrogens is 1. The number of aromatic nitrogens is 2. The molecule has 0 fully saturated rings. The molecule has 0 amide bonds. The topological polar surface area (TPSA) is 37.9 Å². The molecule has 0 saturated carbocycles. The van der Waals surface area contributed by atoms with Crippen molar-refractivity contribution < 1.29 is 4.74 Å². The Bertz CT molecular complexity index is 533.